The van der Waals surface area contributed by atoms with Crippen molar-refractivity contribution in [2.75, 3.05) is 13.7 Å². The number of hydrogen-bond donors (Lipinski definition) is 0. The summed E-state index contributed by atoms with van der Waals surface area (Å²) in [5.74, 6) is 0.991. The van der Waals surface area contributed by atoms with Gasteiger partial charge in [-0.15, -0.1) is 11.8 Å². The molecule has 1 atom stereocenters. The van der Waals surface area contributed by atoms with Gasteiger partial charge in [-0.2, -0.15) is 0 Å². The van der Waals surface area contributed by atoms with Crippen molar-refractivity contribution in [1.82, 2.24) is 4.90 Å². The number of rotatable bonds is 7. The van der Waals surface area contributed by atoms with Crippen molar-refractivity contribution >= 4 is 17.7 Å². The number of ether oxygens (including phenoxy) is 1. The highest BCUT2D eigenvalue weighted by molar-refractivity contribution is 8.00. The number of nitrogens with zero attached hydrogens (tertiary/aromatic N) is 1. The van der Waals surface area contributed by atoms with Gasteiger partial charge < -0.3 is 9.64 Å². The normalized spacial score (nSPS) is 11.8. The molecule has 4 heteroatoms. The zero-order valence-electron chi connectivity index (χ0n) is 13.9. The molecule has 23 heavy (non-hydrogen) atoms. The molecule has 0 radical (unpaired) electrons. The van der Waals surface area contributed by atoms with Crippen LogP contribution in [-0.4, -0.2) is 29.7 Å². The maximum Gasteiger partial charge on any atom is 0.236 e. The molecule has 0 bridgehead atoms. The summed E-state index contributed by atoms with van der Waals surface area (Å²) in [4.78, 5) is 15.7. The van der Waals surface area contributed by atoms with Crippen molar-refractivity contribution in [3.8, 4) is 5.75 Å². The van der Waals surface area contributed by atoms with E-state index in [1.54, 1.807) is 18.9 Å². The number of carbonyl (C=O) groups is 1. The Hall–Kier alpha value is -1.94. The number of benzene rings is 2. The van der Waals surface area contributed by atoms with Crippen LogP contribution in [0.4, 0.5) is 0 Å². The lowest BCUT2D eigenvalue weighted by atomic mass is 10.2. The van der Waals surface area contributed by atoms with Gasteiger partial charge in [0.15, 0.2) is 0 Å². The van der Waals surface area contributed by atoms with Gasteiger partial charge in [-0.25, -0.2) is 0 Å². The van der Waals surface area contributed by atoms with E-state index in [0.717, 1.165) is 16.2 Å². The maximum absolute atomic E-state index is 12.7. The topological polar surface area (TPSA) is 29.5 Å². The summed E-state index contributed by atoms with van der Waals surface area (Å²) >= 11 is 1.58. The molecule has 0 aromatic heterocycles. The number of thioether (sulfide) groups is 1. The van der Waals surface area contributed by atoms with E-state index in [-0.39, 0.29) is 11.2 Å². The van der Waals surface area contributed by atoms with Crippen LogP contribution in [0.25, 0.3) is 0 Å². The van der Waals surface area contributed by atoms with Crippen LogP contribution in [0.1, 0.15) is 19.4 Å². The molecule has 0 aliphatic rings. The minimum Gasteiger partial charge on any atom is -0.497 e. The van der Waals surface area contributed by atoms with E-state index in [1.807, 2.05) is 61.2 Å². The number of methoxy groups -OCH3 is 1. The minimum atomic E-state index is -0.118. The van der Waals surface area contributed by atoms with Gasteiger partial charge in [-0.1, -0.05) is 30.3 Å². The lowest BCUT2D eigenvalue weighted by Gasteiger charge is -2.24. The molecule has 0 aliphatic carbocycles. The highest BCUT2D eigenvalue weighted by atomic mass is 32.2. The van der Waals surface area contributed by atoms with Crippen LogP contribution in [-0.2, 0) is 11.3 Å². The zero-order valence-corrected chi connectivity index (χ0v) is 14.7. The highest BCUT2D eigenvalue weighted by Gasteiger charge is 2.20. The smallest absolute Gasteiger partial charge is 0.236 e. The summed E-state index contributed by atoms with van der Waals surface area (Å²) in [7, 11) is 1.65. The van der Waals surface area contributed by atoms with Crippen LogP contribution in [0.2, 0.25) is 0 Å². The Kier molecular flexibility index (Phi) is 6.53. The first kappa shape index (κ1) is 17.4. The molecule has 0 N–H and O–H groups in total. The Morgan fingerprint density at radius 3 is 2.35 bits per heavy atom. The first-order valence-corrected chi connectivity index (χ1v) is 8.65. The third-order valence-corrected chi connectivity index (χ3v) is 4.73. The Morgan fingerprint density at radius 1 is 1.13 bits per heavy atom. The first-order chi connectivity index (χ1) is 11.1. The van der Waals surface area contributed by atoms with E-state index < -0.39 is 0 Å². The maximum atomic E-state index is 12.7. The van der Waals surface area contributed by atoms with Crippen molar-refractivity contribution in [1.29, 1.82) is 0 Å². The molecular weight excluding hydrogens is 306 g/mol. The van der Waals surface area contributed by atoms with Crippen molar-refractivity contribution < 1.29 is 9.53 Å². The van der Waals surface area contributed by atoms with E-state index in [2.05, 4.69) is 12.1 Å². The second kappa shape index (κ2) is 8.63. The fraction of sp³-hybridized carbons (Fsp3) is 0.316. The van der Waals surface area contributed by atoms with E-state index in [9.17, 15) is 4.79 Å². The molecule has 122 valence electrons. The summed E-state index contributed by atoms with van der Waals surface area (Å²) < 4.78 is 5.16. The average molecular weight is 329 g/mol. The van der Waals surface area contributed by atoms with Crippen molar-refractivity contribution in [3.05, 3.63) is 60.2 Å². The molecule has 1 amide bonds. The van der Waals surface area contributed by atoms with Crippen LogP contribution >= 0.6 is 11.8 Å². The largest absolute Gasteiger partial charge is 0.497 e. The molecule has 0 spiro atoms. The summed E-state index contributed by atoms with van der Waals surface area (Å²) in [6.07, 6.45) is 0. The zero-order chi connectivity index (χ0) is 16.7. The quantitative estimate of drug-likeness (QED) is 0.712. The van der Waals surface area contributed by atoms with E-state index in [0.29, 0.717) is 13.1 Å². The third-order valence-electron chi connectivity index (χ3n) is 3.63. The standard InChI is InChI=1S/C19H23NO2S/c1-4-20(14-16-8-6-5-7-9-16)19(21)15(2)23-18-12-10-17(22-3)11-13-18/h5-13,15H,4,14H2,1-3H3. The Morgan fingerprint density at radius 2 is 1.78 bits per heavy atom. The predicted molar refractivity (Wildman–Crippen MR) is 95.8 cm³/mol. The number of carbonyl (C=O) groups excluding carboxylic acids is 1. The van der Waals surface area contributed by atoms with Crippen molar-refractivity contribution in [2.24, 2.45) is 0 Å². The van der Waals surface area contributed by atoms with Gasteiger partial charge in [0.25, 0.3) is 0 Å². The summed E-state index contributed by atoms with van der Waals surface area (Å²) in [6.45, 7) is 5.35. The van der Waals surface area contributed by atoms with Gasteiger partial charge in [0.1, 0.15) is 5.75 Å². The first-order valence-electron chi connectivity index (χ1n) is 7.77. The molecule has 3 nitrogen and oxygen atoms in total. The second-order valence-corrected chi connectivity index (χ2v) is 6.69. The van der Waals surface area contributed by atoms with Gasteiger partial charge >= 0.3 is 0 Å². The third kappa shape index (κ3) is 5.03. The Balaban J connectivity index is 1.98. The minimum absolute atomic E-state index is 0.118. The SMILES string of the molecule is CCN(Cc1ccccc1)C(=O)C(C)Sc1ccc(OC)cc1. The molecule has 0 saturated carbocycles. The number of amides is 1. The summed E-state index contributed by atoms with van der Waals surface area (Å²) in [5.41, 5.74) is 1.16. The van der Waals surface area contributed by atoms with E-state index in [4.69, 9.17) is 4.74 Å². The molecule has 0 aliphatic heterocycles. The second-order valence-electron chi connectivity index (χ2n) is 5.27. The summed E-state index contributed by atoms with van der Waals surface area (Å²) in [5, 5.41) is -0.118. The molecule has 0 saturated heterocycles. The fourth-order valence-corrected chi connectivity index (χ4v) is 3.27. The fourth-order valence-electron chi connectivity index (χ4n) is 2.32. The van der Waals surface area contributed by atoms with Gasteiger partial charge in [-0.3, -0.25) is 4.79 Å². The lowest BCUT2D eigenvalue weighted by molar-refractivity contribution is -0.130. The molecule has 2 aromatic carbocycles. The van der Waals surface area contributed by atoms with E-state index >= 15 is 0 Å². The van der Waals surface area contributed by atoms with Crippen molar-refractivity contribution in [2.45, 2.75) is 30.5 Å². The van der Waals surface area contributed by atoms with Crippen LogP contribution in [0.3, 0.4) is 0 Å². The van der Waals surface area contributed by atoms with Gasteiger partial charge in [0, 0.05) is 18.0 Å². The lowest BCUT2D eigenvalue weighted by Crippen LogP contribution is -2.35. The molecule has 2 aromatic rings. The van der Waals surface area contributed by atoms with Crippen LogP contribution in [0, 0.1) is 0 Å². The van der Waals surface area contributed by atoms with Gasteiger partial charge in [0.2, 0.25) is 5.91 Å². The van der Waals surface area contributed by atoms with Gasteiger partial charge in [0.05, 0.1) is 12.4 Å². The van der Waals surface area contributed by atoms with Crippen LogP contribution < -0.4 is 4.74 Å². The molecular formula is C19H23NO2S. The molecule has 0 heterocycles. The molecule has 0 fully saturated rings. The Bertz CT molecular complexity index is 613. The van der Waals surface area contributed by atoms with Crippen LogP contribution in [0.5, 0.6) is 5.75 Å². The monoisotopic (exact) mass is 329 g/mol. The van der Waals surface area contributed by atoms with Crippen molar-refractivity contribution in [3.63, 3.8) is 0 Å². The van der Waals surface area contributed by atoms with Gasteiger partial charge in [-0.05, 0) is 43.7 Å². The van der Waals surface area contributed by atoms with Crippen LogP contribution in [0.15, 0.2) is 59.5 Å². The Labute approximate surface area is 142 Å². The highest BCUT2D eigenvalue weighted by Crippen LogP contribution is 2.26. The molecule has 1 unspecified atom stereocenters. The molecule has 2 rings (SSSR count). The average Bonchev–Trinajstić information content (AvgIpc) is 2.60. The van der Waals surface area contributed by atoms with E-state index in [1.165, 1.54) is 0 Å². The number of hydrogen-bond acceptors (Lipinski definition) is 3. The summed E-state index contributed by atoms with van der Waals surface area (Å²) in [6, 6.07) is 17.9. The predicted octanol–water partition coefficient (Wildman–Crippen LogP) is 4.22.